The maximum atomic E-state index is 12.4. The van der Waals surface area contributed by atoms with Gasteiger partial charge in [0, 0.05) is 17.9 Å². The van der Waals surface area contributed by atoms with Crippen LogP contribution in [0, 0.1) is 5.92 Å². The minimum absolute atomic E-state index is 0.130. The molecule has 0 aromatic carbocycles. The highest BCUT2D eigenvalue weighted by molar-refractivity contribution is 9.12. The van der Waals surface area contributed by atoms with Crippen LogP contribution in [-0.2, 0) is 0 Å². The fourth-order valence-corrected chi connectivity index (χ4v) is 5.11. The molecule has 0 bridgehead atoms. The fraction of sp³-hybridized carbons (Fsp3) is 0.545. The molecule has 17 heavy (non-hydrogen) atoms. The van der Waals surface area contributed by atoms with Crippen LogP contribution in [0.15, 0.2) is 13.6 Å². The number of rotatable bonds is 1. The van der Waals surface area contributed by atoms with E-state index in [-0.39, 0.29) is 5.91 Å². The van der Waals surface area contributed by atoms with Gasteiger partial charge in [0.15, 0.2) is 0 Å². The Kier molecular flexibility index (Phi) is 4.72. The van der Waals surface area contributed by atoms with E-state index in [9.17, 15) is 4.79 Å². The minimum atomic E-state index is 0.130. The number of carbonyl (C=O) groups is 1. The fourth-order valence-electron chi connectivity index (χ4n) is 1.96. The van der Waals surface area contributed by atoms with Crippen molar-refractivity contribution in [2.45, 2.75) is 18.2 Å². The standard InChI is InChI=1S/C11H12Br3NOS/c1-6-5-15(3-2-8(6)12)11(16)7-4-9(13)17-10(7)14/h4,6,8H,2-3,5H2,1H3. The van der Waals surface area contributed by atoms with Gasteiger partial charge >= 0.3 is 0 Å². The Labute approximate surface area is 130 Å². The van der Waals surface area contributed by atoms with Crippen LogP contribution in [0.4, 0.5) is 0 Å². The van der Waals surface area contributed by atoms with Crippen molar-refractivity contribution < 1.29 is 4.79 Å². The van der Waals surface area contributed by atoms with E-state index in [0.717, 1.165) is 32.6 Å². The Morgan fingerprint density at radius 1 is 1.53 bits per heavy atom. The van der Waals surface area contributed by atoms with Crippen LogP contribution >= 0.6 is 59.1 Å². The number of piperidine rings is 1. The maximum Gasteiger partial charge on any atom is 0.255 e. The molecule has 0 spiro atoms. The molecule has 1 aliphatic rings. The predicted octanol–water partition coefficient (Wildman–Crippen LogP) is 4.52. The van der Waals surface area contributed by atoms with Crippen molar-refractivity contribution in [3.8, 4) is 0 Å². The van der Waals surface area contributed by atoms with E-state index in [1.165, 1.54) is 11.3 Å². The molecule has 2 atom stereocenters. The van der Waals surface area contributed by atoms with Crippen LogP contribution in [0.3, 0.4) is 0 Å². The van der Waals surface area contributed by atoms with Crippen LogP contribution in [-0.4, -0.2) is 28.7 Å². The third-order valence-electron chi connectivity index (χ3n) is 2.97. The van der Waals surface area contributed by atoms with Gasteiger partial charge in [-0.25, -0.2) is 0 Å². The molecule has 0 aliphatic carbocycles. The van der Waals surface area contributed by atoms with Gasteiger partial charge < -0.3 is 4.90 Å². The Morgan fingerprint density at radius 2 is 2.24 bits per heavy atom. The maximum absolute atomic E-state index is 12.4. The number of halogens is 3. The normalized spacial score (nSPS) is 25.1. The number of carbonyl (C=O) groups excluding carboxylic acids is 1. The molecule has 0 N–H and O–H groups in total. The van der Waals surface area contributed by atoms with Gasteiger partial charge in [0.1, 0.15) is 0 Å². The van der Waals surface area contributed by atoms with Gasteiger partial charge in [-0.15, -0.1) is 11.3 Å². The van der Waals surface area contributed by atoms with Gasteiger partial charge in [0.2, 0.25) is 0 Å². The first-order valence-electron chi connectivity index (χ1n) is 5.37. The second-order valence-corrected chi connectivity index (χ2v) is 9.20. The zero-order valence-corrected chi connectivity index (χ0v) is 14.8. The van der Waals surface area contributed by atoms with Crippen molar-refractivity contribution >= 4 is 65.0 Å². The topological polar surface area (TPSA) is 20.3 Å². The molecule has 2 nitrogen and oxygen atoms in total. The van der Waals surface area contributed by atoms with Gasteiger partial charge in [-0.1, -0.05) is 22.9 Å². The number of thiophene rings is 1. The minimum Gasteiger partial charge on any atom is -0.338 e. The number of amides is 1. The number of nitrogens with zero attached hydrogens (tertiary/aromatic N) is 1. The molecule has 94 valence electrons. The highest BCUT2D eigenvalue weighted by Gasteiger charge is 2.28. The van der Waals surface area contributed by atoms with Crippen molar-refractivity contribution in [3.63, 3.8) is 0 Å². The highest BCUT2D eigenvalue weighted by atomic mass is 79.9. The van der Waals surface area contributed by atoms with Gasteiger partial charge in [-0.05, 0) is 50.3 Å². The van der Waals surface area contributed by atoms with E-state index in [4.69, 9.17) is 0 Å². The monoisotopic (exact) mass is 443 g/mol. The summed E-state index contributed by atoms with van der Waals surface area (Å²) >= 11 is 12.0. The average Bonchev–Trinajstić information content (AvgIpc) is 2.61. The number of hydrogen-bond acceptors (Lipinski definition) is 2. The third-order valence-corrected chi connectivity index (χ3v) is 6.67. The van der Waals surface area contributed by atoms with E-state index < -0.39 is 0 Å². The molecule has 1 saturated heterocycles. The number of likely N-dealkylation sites (tertiary alicyclic amines) is 1. The van der Waals surface area contributed by atoms with E-state index in [2.05, 4.69) is 54.7 Å². The lowest BCUT2D eigenvalue weighted by Gasteiger charge is -2.34. The van der Waals surface area contributed by atoms with E-state index >= 15 is 0 Å². The first-order valence-corrected chi connectivity index (χ1v) is 8.69. The Morgan fingerprint density at radius 3 is 2.76 bits per heavy atom. The summed E-state index contributed by atoms with van der Waals surface area (Å²) in [6.07, 6.45) is 1.02. The van der Waals surface area contributed by atoms with E-state index in [1.54, 1.807) is 0 Å². The summed E-state index contributed by atoms with van der Waals surface area (Å²) in [6, 6.07) is 1.89. The summed E-state index contributed by atoms with van der Waals surface area (Å²) in [7, 11) is 0. The van der Waals surface area contributed by atoms with Gasteiger partial charge in [-0.2, -0.15) is 0 Å². The number of hydrogen-bond donors (Lipinski definition) is 0. The van der Waals surface area contributed by atoms with E-state index in [0.29, 0.717) is 10.7 Å². The average molecular weight is 446 g/mol. The summed E-state index contributed by atoms with van der Waals surface area (Å²) < 4.78 is 1.89. The molecule has 1 aromatic heterocycles. The third kappa shape index (κ3) is 3.14. The van der Waals surface area contributed by atoms with Crippen molar-refractivity contribution in [2.75, 3.05) is 13.1 Å². The molecular weight excluding hydrogens is 434 g/mol. The van der Waals surface area contributed by atoms with Crippen LogP contribution in [0.5, 0.6) is 0 Å². The molecule has 0 radical (unpaired) electrons. The lowest BCUT2D eigenvalue weighted by atomic mass is 9.99. The largest absolute Gasteiger partial charge is 0.338 e. The van der Waals surface area contributed by atoms with Crippen LogP contribution < -0.4 is 0 Å². The summed E-state index contributed by atoms with van der Waals surface area (Å²) in [5.41, 5.74) is 0.766. The molecule has 2 heterocycles. The van der Waals surface area contributed by atoms with Crippen LogP contribution in [0.2, 0.25) is 0 Å². The summed E-state index contributed by atoms with van der Waals surface area (Å²) in [4.78, 5) is 14.8. The SMILES string of the molecule is CC1CN(C(=O)c2cc(Br)sc2Br)CCC1Br. The molecule has 1 fully saturated rings. The van der Waals surface area contributed by atoms with Crippen molar-refractivity contribution in [1.82, 2.24) is 4.90 Å². The Bertz CT molecular complexity index is 434. The molecule has 2 rings (SSSR count). The van der Waals surface area contributed by atoms with Gasteiger partial charge in [0.05, 0.1) is 13.1 Å². The first-order chi connectivity index (χ1) is 7.99. The van der Waals surface area contributed by atoms with Gasteiger partial charge in [0.25, 0.3) is 5.91 Å². The molecule has 1 aliphatic heterocycles. The zero-order valence-electron chi connectivity index (χ0n) is 9.25. The van der Waals surface area contributed by atoms with Crippen LogP contribution in [0.25, 0.3) is 0 Å². The zero-order chi connectivity index (χ0) is 12.6. The van der Waals surface area contributed by atoms with Gasteiger partial charge in [-0.3, -0.25) is 4.79 Å². The van der Waals surface area contributed by atoms with Crippen molar-refractivity contribution in [1.29, 1.82) is 0 Å². The smallest absolute Gasteiger partial charge is 0.255 e. The summed E-state index contributed by atoms with van der Waals surface area (Å²) in [5, 5.41) is 0. The predicted molar refractivity (Wildman–Crippen MR) is 82.1 cm³/mol. The molecule has 6 heteroatoms. The number of alkyl halides is 1. The quantitative estimate of drug-likeness (QED) is 0.582. The first kappa shape index (κ1) is 14.0. The molecule has 1 aromatic rings. The second-order valence-electron chi connectivity index (χ2n) is 4.27. The molecule has 2 unspecified atom stereocenters. The van der Waals surface area contributed by atoms with E-state index in [1.807, 2.05) is 11.0 Å². The lowest BCUT2D eigenvalue weighted by Crippen LogP contribution is -2.43. The second kappa shape index (κ2) is 5.72. The van der Waals surface area contributed by atoms with Crippen molar-refractivity contribution in [3.05, 3.63) is 19.2 Å². The lowest BCUT2D eigenvalue weighted by molar-refractivity contribution is 0.0690. The summed E-state index contributed by atoms with van der Waals surface area (Å²) in [5.74, 6) is 0.638. The Balaban J connectivity index is 2.13. The van der Waals surface area contributed by atoms with Crippen molar-refractivity contribution in [2.24, 2.45) is 5.92 Å². The Hall–Kier alpha value is 0.610. The summed E-state index contributed by atoms with van der Waals surface area (Å²) in [6.45, 7) is 3.84. The molecule has 0 saturated carbocycles. The van der Waals surface area contributed by atoms with Crippen LogP contribution in [0.1, 0.15) is 23.7 Å². The molecular formula is C11H12Br3NOS. The molecule has 1 amide bonds. The highest BCUT2D eigenvalue weighted by Crippen LogP contribution is 2.33.